The lowest BCUT2D eigenvalue weighted by molar-refractivity contribution is -0.117. The molecule has 3 aliphatic carbocycles. The van der Waals surface area contributed by atoms with Gasteiger partial charge in [-0.3, -0.25) is 9.59 Å². The number of thiophene rings is 1. The van der Waals surface area contributed by atoms with E-state index in [4.69, 9.17) is 12.2 Å². The molecule has 2 amide bonds. The highest BCUT2D eigenvalue weighted by molar-refractivity contribution is 7.80. The van der Waals surface area contributed by atoms with Crippen LogP contribution in [0.1, 0.15) is 79.2 Å². The molecule has 1 aromatic heterocycles. The molecule has 6 nitrogen and oxygen atoms in total. The van der Waals surface area contributed by atoms with Crippen LogP contribution in [-0.4, -0.2) is 41.0 Å². The van der Waals surface area contributed by atoms with Gasteiger partial charge in [-0.2, -0.15) is 0 Å². The Labute approximate surface area is 236 Å². The minimum absolute atomic E-state index is 0.0504. The van der Waals surface area contributed by atoms with Crippen molar-refractivity contribution in [1.82, 2.24) is 15.5 Å². The summed E-state index contributed by atoms with van der Waals surface area (Å²) in [6.45, 7) is 9.01. The largest absolute Gasteiger partial charge is 0.359 e. The lowest BCUT2D eigenvalue weighted by atomic mass is 9.91. The molecule has 38 heavy (non-hydrogen) atoms. The quantitative estimate of drug-likeness (QED) is 0.358. The predicted molar refractivity (Wildman–Crippen MR) is 159 cm³/mol. The monoisotopic (exact) mass is 552 g/mol. The van der Waals surface area contributed by atoms with Crippen molar-refractivity contribution in [3.63, 3.8) is 0 Å². The molecule has 0 spiro atoms. The van der Waals surface area contributed by atoms with E-state index in [2.05, 4.69) is 65.9 Å². The van der Waals surface area contributed by atoms with Gasteiger partial charge in [-0.15, -0.1) is 11.3 Å². The number of thiocarbonyl (C=S) groups is 1. The Morgan fingerprint density at radius 2 is 1.82 bits per heavy atom. The molecule has 0 unspecified atom stereocenters. The van der Waals surface area contributed by atoms with Gasteiger partial charge in [0, 0.05) is 36.5 Å². The zero-order chi connectivity index (χ0) is 26.9. The summed E-state index contributed by atoms with van der Waals surface area (Å²) in [5.74, 6) is 0.696. The predicted octanol–water partition coefficient (Wildman–Crippen LogP) is 5.52. The summed E-state index contributed by atoms with van der Waals surface area (Å²) in [6, 6.07) is 10.6. The zero-order valence-electron chi connectivity index (χ0n) is 22.8. The maximum Gasteiger partial charge on any atom is 0.254 e. The number of anilines is 1. The topological polar surface area (TPSA) is 73.5 Å². The third kappa shape index (κ3) is 7.14. The molecular formula is C30H40N4O2S2. The second kappa shape index (κ2) is 11.3. The lowest BCUT2D eigenvalue weighted by Gasteiger charge is -2.35. The number of rotatable bonds is 9. The minimum Gasteiger partial charge on any atom is -0.359 e. The maximum absolute atomic E-state index is 13.4. The summed E-state index contributed by atoms with van der Waals surface area (Å²) in [5.41, 5.74) is 3.07. The highest BCUT2D eigenvalue weighted by Gasteiger charge is 2.34. The summed E-state index contributed by atoms with van der Waals surface area (Å²) in [4.78, 5) is 29.5. The number of hydrogen-bond donors (Lipinski definition) is 3. The van der Waals surface area contributed by atoms with E-state index in [1.54, 1.807) is 11.3 Å². The van der Waals surface area contributed by atoms with Gasteiger partial charge in [0.25, 0.3) is 5.91 Å². The average molecular weight is 553 g/mol. The summed E-state index contributed by atoms with van der Waals surface area (Å²) in [5, 5.41) is 11.4. The van der Waals surface area contributed by atoms with Crippen molar-refractivity contribution in [1.29, 1.82) is 0 Å². The van der Waals surface area contributed by atoms with E-state index in [0.717, 1.165) is 60.9 Å². The number of fused-ring (bicyclic) bond motifs is 1. The number of benzene rings is 1. The van der Waals surface area contributed by atoms with Crippen molar-refractivity contribution in [3.05, 3.63) is 51.9 Å². The van der Waals surface area contributed by atoms with Gasteiger partial charge in [0.1, 0.15) is 5.00 Å². The van der Waals surface area contributed by atoms with Crippen molar-refractivity contribution >= 4 is 45.5 Å². The summed E-state index contributed by atoms with van der Waals surface area (Å²) in [7, 11) is 0. The molecule has 0 aliphatic heterocycles. The van der Waals surface area contributed by atoms with Crippen LogP contribution in [0, 0.1) is 17.3 Å². The van der Waals surface area contributed by atoms with Crippen LogP contribution in [0.25, 0.3) is 0 Å². The highest BCUT2D eigenvalue weighted by atomic mass is 32.1. The van der Waals surface area contributed by atoms with Crippen LogP contribution in [0.3, 0.4) is 0 Å². The van der Waals surface area contributed by atoms with Gasteiger partial charge >= 0.3 is 0 Å². The van der Waals surface area contributed by atoms with Gasteiger partial charge in [0.2, 0.25) is 5.91 Å². The number of amides is 2. The number of carbonyl (C=O) groups is 2. The third-order valence-electron chi connectivity index (χ3n) is 7.42. The first-order valence-corrected chi connectivity index (χ1v) is 15.2. The van der Waals surface area contributed by atoms with Crippen molar-refractivity contribution in [2.24, 2.45) is 17.3 Å². The second-order valence-corrected chi connectivity index (χ2v) is 13.9. The Morgan fingerprint density at radius 3 is 2.47 bits per heavy atom. The van der Waals surface area contributed by atoms with Crippen LogP contribution in [0.2, 0.25) is 0 Å². The van der Waals surface area contributed by atoms with Crippen LogP contribution in [0.15, 0.2) is 30.3 Å². The normalized spacial score (nSPS) is 18.9. The molecule has 3 aliphatic rings. The van der Waals surface area contributed by atoms with Crippen molar-refractivity contribution in [2.45, 2.75) is 78.3 Å². The molecule has 8 heteroatoms. The Hall–Kier alpha value is -2.45. The van der Waals surface area contributed by atoms with E-state index >= 15 is 0 Å². The molecule has 0 saturated heterocycles. The summed E-state index contributed by atoms with van der Waals surface area (Å²) >= 11 is 7.55. The van der Waals surface area contributed by atoms with Crippen LogP contribution in [0.5, 0.6) is 0 Å². The number of nitrogens with zero attached hydrogens (tertiary/aromatic N) is 1. The van der Waals surface area contributed by atoms with E-state index in [1.165, 1.54) is 23.3 Å². The number of hydrogen-bond acceptors (Lipinski definition) is 4. The Bertz CT molecular complexity index is 1180. The van der Waals surface area contributed by atoms with Gasteiger partial charge in [0.05, 0.1) is 5.56 Å². The van der Waals surface area contributed by atoms with E-state index in [0.29, 0.717) is 18.0 Å². The Morgan fingerprint density at radius 1 is 1.08 bits per heavy atom. The number of carbonyl (C=O) groups excluding carboxylic acids is 2. The molecule has 0 radical (unpaired) electrons. The first-order valence-electron chi connectivity index (χ1n) is 14.0. The molecule has 2 saturated carbocycles. The molecule has 1 aromatic carbocycles. The number of nitrogens with one attached hydrogen (secondary N) is 3. The maximum atomic E-state index is 13.4. The Kier molecular flexibility index (Phi) is 8.10. The van der Waals surface area contributed by atoms with Crippen molar-refractivity contribution in [3.8, 4) is 0 Å². The molecular weight excluding hydrogens is 512 g/mol. The average Bonchev–Trinajstić information content (AvgIpc) is 3.79. The van der Waals surface area contributed by atoms with Crippen LogP contribution in [-0.2, 0) is 24.2 Å². The van der Waals surface area contributed by atoms with Crippen LogP contribution in [0.4, 0.5) is 5.00 Å². The van der Waals surface area contributed by atoms with Crippen LogP contribution < -0.4 is 16.0 Å². The van der Waals surface area contributed by atoms with Gasteiger partial charge in [-0.1, -0.05) is 51.1 Å². The SMILES string of the molecule is CC(C)(C)CN(Cc1ccccc1)C(=S)N[C@@H]1CCc2sc(NC(=O)C3CC3)c(C(=O)NCC3CC3)c2C1. The number of aryl methyl sites for hydroxylation is 1. The van der Waals surface area contributed by atoms with Gasteiger partial charge < -0.3 is 20.9 Å². The summed E-state index contributed by atoms with van der Waals surface area (Å²) < 4.78 is 0. The fraction of sp³-hybridized carbons (Fsp3) is 0.567. The van der Waals surface area contributed by atoms with E-state index in [1.807, 2.05) is 6.07 Å². The molecule has 204 valence electrons. The standard InChI is InChI=1S/C30H40N4O2S2/c1-30(2,3)18-34(17-20-7-5-4-6-8-20)29(37)32-22-13-14-24-23(15-22)25(27(36)31-16-19-9-10-19)28(38-24)33-26(35)21-11-12-21/h4-8,19,21-22H,9-18H2,1-3H3,(H,31,36)(H,32,37)(H,33,35)/t22-/m1/s1. The third-order valence-corrected chi connectivity index (χ3v) is 9.00. The van der Waals surface area contributed by atoms with Crippen molar-refractivity contribution in [2.75, 3.05) is 18.4 Å². The zero-order valence-corrected chi connectivity index (χ0v) is 24.4. The van der Waals surface area contributed by atoms with E-state index in [9.17, 15) is 9.59 Å². The first-order chi connectivity index (χ1) is 18.2. The smallest absolute Gasteiger partial charge is 0.254 e. The van der Waals surface area contributed by atoms with E-state index in [-0.39, 0.29) is 29.2 Å². The summed E-state index contributed by atoms with van der Waals surface area (Å²) in [6.07, 6.45) is 6.80. The highest BCUT2D eigenvalue weighted by Crippen LogP contribution is 2.40. The van der Waals surface area contributed by atoms with Gasteiger partial charge in [-0.05, 0) is 79.6 Å². The molecule has 1 atom stereocenters. The lowest BCUT2D eigenvalue weighted by Crippen LogP contribution is -2.48. The fourth-order valence-corrected chi connectivity index (χ4v) is 6.62. The van der Waals surface area contributed by atoms with Crippen LogP contribution >= 0.6 is 23.6 Å². The molecule has 1 heterocycles. The van der Waals surface area contributed by atoms with Gasteiger partial charge in [0.15, 0.2) is 5.11 Å². The van der Waals surface area contributed by atoms with Gasteiger partial charge in [-0.25, -0.2) is 0 Å². The fourth-order valence-electron chi connectivity index (χ4n) is 5.08. The molecule has 0 bridgehead atoms. The molecule has 3 N–H and O–H groups in total. The second-order valence-electron chi connectivity index (χ2n) is 12.4. The Balaban J connectivity index is 1.32. The van der Waals surface area contributed by atoms with Crippen molar-refractivity contribution < 1.29 is 9.59 Å². The van der Waals surface area contributed by atoms with E-state index < -0.39 is 0 Å². The first kappa shape index (κ1) is 27.1. The minimum atomic E-state index is -0.0536. The molecule has 5 rings (SSSR count). The molecule has 2 fully saturated rings. The molecule has 2 aromatic rings.